The molecule has 0 fully saturated rings. The SMILES string of the molecule is CC(C)(C)c1ccc(-c2c3nc(c(-c4cccc(I)c4)c4ccc([nH]4)c(-c4ccc(C(=O)OCC[Si](C)(C)C)cc4)c4nc(c(-c5cccc(I)c5)c5ccc2[nH]5)C=C4)C=C3)cc1. The van der Waals surface area contributed by atoms with E-state index in [1.54, 1.807) is 0 Å². The van der Waals surface area contributed by atoms with Crippen LogP contribution in [0.15, 0.2) is 121 Å². The van der Waals surface area contributed by atoms with Gasteiger partial charge in [-0.1, -0.05) is 101 Å². The van der Waals surface area contributed by atoms with Crippen LogP contribution in [0, 0.1) is 7.14 Å². The Morgan fingerprint density at radius 3 is 1.33 bits per heavy atom. The van der Waals surface area contributed by atoms with E-state index in [2.05, 4.69) is 217 Å². The van der Waals surface area contributed by atoms with E-state index in [4.69, 9.17) is 14.7 Å². The summed E-state index contributed by atoms with van der Waals surface area (Å²) in [6.45, 7) is 14.0. The molecule has 2 N–H and O–H groups in total. The first kappa shape index (κ1) is 42.9. The van der Waals surface area contributed by atoms with Gasteiger partial charge in [0, 0.05) is 59.5 Å². The van der Waals surface area contributed by atoms with Gasteiger partial charge in [0.25, 0.3) is 0 Å². The van der Waals surface area contributed by atoms with Crippen LogP contribution in [0.5, 0.6) is 0 Å². The quantitative estimate of drug-likeness (QED) is 0.0902. The standard InChI is InChI=1S/C54H48I2N4O2Si/c1-54(2,3)38-19-17-34(18-20-38)50-43-23-27-47(59-43)51(36-9-7-11-39(55)31-36)45-25-21-41(57-45)49(33-13-15-35(16-14-33)53(61)62-29-30-63(4,5)6)42-22-26-46(58-42)52(48-28-24-44(50)60-48)37-10-8-12-40(56)32-37/h7-28,31-32,57,60H,29-30H2,1-6H3. The summed E-state index contributed by atoms with van der Waals surface area (Å²) in [5.41, 5.74) is 17.0. The Hall–Kier alpha value is -5.37. The molecule has 0 radical (unpaired) electrons. The van der Waals surface area contributed by atoms with Crippen molar-refractivity contribution < 1.29 is 9.53 Å². The number of esters is 1. The van der Waals surface area contributed by atoms with Gasteiger partial charge in [0.2, 0.25) is 0 Å². The van der Waals surface area contributed by atoms with Crippen LogP contribution < -0.4 is 0 Å². The van der Waals surface area contributed by atoms with Crippen LogP contribution in [0.2, 0.25) is 25.7 Å². The number of carbonyl (C=O) groups is 1. The lowest BCUT2D eigenvalue weighted by atomic mass is 9.86. The molecule has 9 heteroatoms. The van der Waals surface area contributed by atoms with Gasteiger partial charge in [-0.3, -0.25) is 0 Å². The summed E-state index contributed by atoms with van der Waals surface area (Å²) >= 11 is 4.76. The fourth-order valence-corrected chi connectivity index (χ4v) is 9.95. The zero-order valence-corrected chi connectivity index (χ0v) is 41.6. The van der Waals surface area contributed by atoms with E-state index in [0.717, 1.165) is 103 Å². The number of nitrogens with zero attached hydrogens (tertiary/aromatic N) is 2. The van der Waals surface area contributed by atoms with Gasteiger partial charge < -0.3 is 14.7 Å². The van der Waals surface area contributed by atoms with E-state index in [1.165, 1.54) is 5.56 Å². The second-order valence-electron chi connectivity index (χ2n) is 18.4. The van der Waals surface area contributed by atoms with Gasteiger partial charge in [-0.15, -0.1) is 0 Å². The van der Waals surface area contributed by atoms with Gasteiger partial charge in [-0.05, 0) is 169 Å². The van der Waals surface area contributed by atoms with Crippen molar-refractivity contribution in [2.45, 2.75) is 51.9 Å². The maximum Gasteiger partial charge on any atom is 0.338 e. The number of H-pyrrole nitrogens is 2. The molecule has 5 heterocycles. The van der Waals surface area contributed by atoms with Gasteiger partial charge in [0.1, 0.15) is 0 Å². The van der Waals surface area contributed by atoms with E-state index in [1.807, 2.05) is 24.3 Å². The molecule has 0 saturated carbocycles. The van der Waals surface area contributed by atoms with Crippen molar-refractivity contribution in [3.63, 3.8) is 0 Å². The summed E-state index contributed by atoms with van der Waals surface area (Å²) in [5, 5.41) is 0. The predicted molar refractivity (Wildman–Crippen MR) is 283 cm³/mol. The molecular formula is C54H48I2N4O2Si. The first-order chi connectivity index (χ1) is 30.2. The average Bonchev–Trinajstić information content (AvgIpc) is 4.09. The normalized spacial score (nSPS) is 12.5. The number of nitrogens with one attached hydrogen (secondary N) is 2. The van der Waals surface area contributed by atoms with E-state index in [0.29, 0.717) is 12.2 Å². The zero-order valence-electron chi connectivity index (χ0n) is 36.2. The molecule has 0 aliphatic carbocycles. The van der Waals surface area contributed by atoms with Crippen molar-refractivity contribution in [1.29, 1.82) is 0 Å². The number of fused-ring (bicyclic) bond motifs is 8. The van der Waals surface area contributed by atoms with Crippen molar-refractivity contribution >= 4 is 106 Å². The van der Waals surface area contributed by atoms with Crippen molar-refractivity contribution in [1.82, 2.24) is 19.9 Å². The number of aromatic nitrogens is 4. The number of hydrogen-bond acceptors (Lipinski definition) is 4. The number of hydrogen-bond donors (Lipinski definition) is 2. The molecule has 0 unspecified atom stereocenters. The number of benzene rings is 4. The second kappa shape index (κ2) is 17.3. The van der Waals surface area contributed by atoms with Crippen LogP contribution in [0.25, 0.3) is 90.9 Å². The van der Waals surface area contributed by atoms with Gasteiger partial charge in [-0.25, -0.2) is 14.8 Å². The largest absolute Gasteiger partial charge is 0.462 e. The molecule has 6 nitrogen and oxygen atoms in total. The minimum absolute atomic E-state index is 0.0188. The Morgan fingerprint density at radius 1 is 0.556 bits per heavy atom. The maximum atomic E-state index is 13.2. The third-order valence-electron chi connectivity index (χ3n) is 11.5. The highest BCUT2D eigenvalue weighted by Crippen LogP contribution is 2.39. The highest BCUT2D eigenvalue weighted by molar-refractivity contribution is 14.1. The Morgan fingerprint density at radius 2 is 0.952 bits per heavy atom. The molecule has 7 aromatic rings. The Labute approximate surface area is 397 Å². The van der Waals surface area contributed by atoms with Crippen molar-refractivity contribution in [2.75, 3.05) is 6.61 Å². The van der Waals surface area contributed by atoms with E-state index in [9.17, 15) is 4.79 Å². The van der Waals surface area contributed by atoms with Crippen LogP contribution in [-0.4, -0.2) is 40.6 Å². The minimum Gasteiger partial charge on any atom is -0.462 e. The molecule has 0 saturated heterocycles. The van der Waals surface area contributed by atoms with Gasteiger partial charge in [0.15, 0.2) is 0 Å². The average molecular weight is 1070 g/mol. The number of rotatable bonds is 8. The molecule has 314 valence electrons. The van der Waals surface area contributed by atoms with Crippen molar-refractivity contribution in [2.24, 2.45) is 0 Å². The fraction of sp³-hybridized carbons (Fsp3) is 0.167. The van der Waals surface area contributed by atoms with Gasteiger partial charge in [0.05, 0.1) is 34.9 Å². The van der Waals surface area contributed by atoms with E-state index in [-0.39, 0.29) is 11.4 Å². The lowest BCUT2D eigenvalue weighted by Crippen LogP contribution is -2.22. The summed E-state index contributed by atoms with van der Waals surface area (Å²) in [6.07, 6.45) is 8.49. The molecule has 2 aliphatic rings. The lowest BCUT2D eigenvalue weighted by Gasteiger charge is -2.19. The molecule has 0 spiro atoms. The van der Waals surface area contributed by atoms with Crippen LogP contribution in [0.3, 0.4) is 0 Å². The number of halogens is 2. The summed E-state index contributed by atoms with van der Waals surface area (Å²) in [5.74, 6) is -0.304. The molecule has 63 heavy (non-hydrogen) atoms. The van der Waals surface area contributed by atoms with Gasteiger partial charge >= 0.3 is 5.97 Å². The topological polar surface area (TPSA) is 83.7 Å². The highest BCUT2D eigenvalue weighted by atomic mass is 127. The summed E-state index contributed by atoms with van der Waals surface area (Å²) in [4.78, 5) is 31.8. The third-order valence-corrected chi connectivity index (χ3v) is 14.6. The molecular weight excluding hydrogens is 1020 g/mol. The number of carbonyl (C=O) groups excluding carboxylic acids is 1. The molecule has 9 rings (SSSR count). The number of aromatic amines is 2. The summed E-state index contributed by atoms with van der Waals surface area (Å²) in [6, 6.07) is 43.3. The Kier molecular flexibility index (Phi) is 11.8. The smallest absolute Gasteiger partial charge is 0.338 e. The molecule has 2 aliphatic heterocycles. The maximum absolute atomic E-state index is 13.2. The molecule has 0 amide bonds. The van der Waals surface area contributed by atoms with E-state index < -0.39 is 8.07 Å². The molecule has 4 aromatic carbocycles. The lowest BCUT2D eigenvalue weighted by molar-refractivity contribution is 0.0525. The Bertz CT molecular complexity index is 3100. The van der Waals surface area contributed by atoms with Gasteiger partial charge in [-0.2, -0.15) is 0 Å². The summed E-state index contributed by atoms with van der Waals surface area (Å²) in [7, 11) is -1.35. The monoisotopic (exact) mass is 1070 g/mol. The second-order valence-corrected chi connectivity index (χ2v) is 26.5. The van der Waals surface area contributed by atoms with Crippen LogP contribution in [-0.2, 0) is 10.2 Å². The summed E-state index contributed by atoms with van der Waals surface area (Å²) < 4.78 is 7.98. The van der Waals surface area contributed by atoms with Crippen molar-refractivity contribution in [3.05, 3.63) is 162 Å². The highest BCUT2D eigenvalue weighted by Gasteiger charge is 2.21. The minimum atomic E-state index is -1.35. The molecule has 0 atom stereocenters. The Balaban J connectivity index is 1.35. The predicted octanol–water partition coefficient (Wildman–Crippen LogP) is 15.3. The fourth-order valence-electron chi connectivity index (χ4n) is 8.15. The van der Waals surface area contributed by atoms with Crippen LogP contribution in [0.1, 0.15) is 59.5 Å². The van der Waals surface area contributed by atoms with Crippen LogP contribution >= 0.6 is 45.2 Å². The molecule has 3 aromatic heterocycles. The number of ether oxygens (including phenoxy) is 1. The first-order valence-corrected chi connectivity index (χ1v) is 27.1. The zero-order chi connectivity index (χ0) is 44.0. The first-order valence-electron chi connectivity index (χ1n) is 21.3. The van der Waals surface area contributed by atoms with Crippen LogP contribution in [0.4, 0.5) is 0 Å². The van der Waals surface area contributed by atoms with Crippen molar-refractivity contribution in [3.8, 4) is 44.5 Å². The van der Waals surface area contributed by atoms with E-state index >= 15 is 0 Å². The third kappa shape index (κ3) is 9.19. The molecule has 8 bridgehead atoms.